The fourth-order valence-electron chi connectivity index (χ4n) is 2.37. The summed E-state index contributed by atoms with van der Waals surface area (Å²) in [5, 5.41) is 20.1. The third-order valence-corrected chi connectivity index (χ3v) is 3.66. The van der Waals surface area contributed by atoms with Crippen LogP contribution in [0.5, 0.6) is 6.08 Å². The lowest BCUT2D eigenvalue weighted by Crippen LogP contribution is -2.24. The van der Waals surface area contributed by atoms with Crippen molar-refractivity contribution in [2.45, 2.75) is 38.5 Å². The first kappa shape index (κ1) is 19.4. The van der Waals surface area contributed by atoms with E-state index in [2.05, 4.69) is 22.4 Å². The molecule has 2 N–H and O–H groups in total. The lowest BCUT2D eigenvalue weighted by Gasteiger charge is -2.16. The Morgan fingerprint density at radius 1 is 1.35 bits per heavy atom. The highest BCUT2D eigenvalue weighted by Crippen LogP contribution is 2.24. The molecular formula is C17H22N4O5. The average Bonchev–Trinajstić information content (AvgIpc) is 3.09. The Bertz CT molecular complexity index is 691. The van der Waals surface area contributed by atoms with E-state index < -0.39 is 6.09 Å². The largest absolute Gasteiger partial charge is 0.423 e. The van der Waals surface area contributed by atoms with Gasteiger partial charge in [-0.1, -0.05) is 49.5 Å². The van der Waals surface area contributed by atoms with Crippen molar-refractivity contribution in [1.82, 2.24) is 15.3 Å². The molecule has 0 bridgehead atoms. The molecule has 1 aromatic heterocycles. The third kappa shape index (κ3) is 6.17. The molecule has 0 spiro atoms. The molecule has 0 saturated heterocycles. The van der Waals surface area contributed by atoms with Crippen LogP contribution in [0.3, 0.4) is 0 Å². The molecule has 2 amide bonds. The molecule has 26 heavy (non-hydrogen) atoms. The topological polar surface area (TPSA) is 118 Å². The van der Waals surface area contributed by atoms with Gasteiger partial charge in [0.15, 0.2) is 0 Å². The smallest absolute Gasteiger partial charge is 0.393 e. The van der Waals surface area contributed by atoms with Crippen molar-refractivity contribution in [3.63, 3.8) is 0 Å². The summed E-state index contributed by atoms with van der Waals surface area (Å²) in [5.41, 5.74) is 0.566. The van der Waals surface area contributed by atoms with Crippen LogP contribution in [0.4, 0.5) is 10.5 Å². The number of benzene rings is 1. The zero-order valence-corrected chi connectivity index (χ0v) is 14.5. The number of para-hydroxylation sites is 1. The maximum atomic E-state index is 11.8. The normalized spacial score (nSPS) is 11.6. The number of anilines is 1. The fourth-order valence-corrected chi connectivity index (χ4v) is 2.37. The Balaban J connectivity index is 1.97. The van der Waals surface area contributed by atoms with Gasteiger partial charge in [-0.2, -0.15) is 0 Å². The number of nitrogens with zero attached hydrogens (tertiary/aromatic N) is 3. The molecule has 0 aliphatic carbocycles. The molecule has 0 fully saturated rings. The monoisotopic (exact) mass is 362 g/mol. The summed E-state index contributed by atoms with van der Waals surface area (Å²) < 4.78 is 10.3. The predicted molar refractivity (Wildman–Crippen MR) is 91.8 cm³/mol. The number of rotatable bonds is 10. The summed E-state index contributed by atoms with van der Waals surface area (Å²) in [4.78, 5) is 22.5. The van der Waals surface area contributed by atoms with Crippen LogP contribution in [0.15, 0.2) is 34.7 Å². The van der Waals surface area contributed by atoms with Gasteiger partial charge in [0.1, 0.15) is 0 Å². The van der Waals surface area contributed by atoms with E-state index in [1.165, 1.54) is 0 Å². The number of aromatic nitrogens is 2. The quantitative estimate of drug-likeness (QED) is 0.288. The van der Waals surface area contributed by atoms with Gasteiger partial charge in [0.05, 0.1) is 12.5 Å². The average molecular weight is 362 g/mol. The van der Waals surface area contributed by atoms with Gasteiger partial charge in [-0.25, -0.2) is 9.86 Å². The van der Waals surface area contributed by atoms with Crippen LogP contribution in [0.2, 0.25) is 0 Å². The van der Waals surface area contributed by atoms with Crippen molar-refractivity contribution in [3.8, 4) is 6.08 Å². The van der Waals surface area contributed by atoms with E-state index in [1.54, 1.807) is 24.3 Å². The molecule has 0 aliphatic heterocycles. The van der Waals surface area contributed by atoms with Crippen LogP contribution in [-0.2, 0) is 4.79 Å². The number of hydrogen-bond acceptors (Lipinski definition) is 7. The summed E-state index contributed by atoms with van der Waals surface area (Å²) in [6, 6.07) is 8.78. The van der Waals surface area contributed by atoms with Crippen molar-refractivity contribution >= 4 is 18.2 Å². The number of amides is 2. The van der Waals surface area contributed by atoms with E-state index in [9.17, 15) is 14.8 Å². The van der Waals surface area contributed by atoms with Gasteiger partial charge < -0.3 is 9.15 Å². The summed E-state index contributed by atoms with van der Waals surface area (Å²) >= 11 is 0. The maximum Gasteiger partial charge on any atom is 0.423 e. The zero-order valence-electron chi connectivity index (χ0n) is 14.5. The summed E-state index contributed by atoms with van der Waals surface area (Å²) in [6.45, 7) is 2.09. The summed E-state index contributed by atoms with van der Waals surface area (Å²) in [5.74, 6) is -0.150. The van der Waals surface area contributed by atoms with Crippen LogP contribution in [0, 0.1) is 0 Å². The van der Waals surface area contributed by atoms with Crippen LogP contribution in [-0.4, -0.2) is 39.5 Å². The number of hydroxylamine groups is 2. The van der Waals surface area contributed by atoms with E-state index in [0.717, 1.165) is 19.3 Å². The van der Waals surface area contributed by atoms with Gasteiger partial charge in [-0.15, -0.1) is 5.10 Å². The molecule has 9 nitrogen and oxygen atoms in total. The molecule has 9 heteroatoms. The first-order valence-electron chi connectivity index (χ1n) is 8.40. The van der Waals surface area contributed by atoms with Gasteiger partial charge in [0.25, 0.3) is 0 Å². The molecular weight excluding hydrogens is 340 g/mol. The lowest BCUT2D eigenvalue weighted by atomic mass is 10.0. The molecule has 1 atom stereocenters. The zero-order chi connectivity index (χ0) is 18.8. The van der Waals surface area contributed by atoms with Crippen molar-refractivity contribution in [2.24, 2.45) is 0 Å². The van der Waals surface area contributed by atoms with Crippen LogP contribution in [0.25, 0.3) is 0 Å². The number of nitrogens with one attached hydrogen (secondary N) is 1. The second-order valence-electron chi connectivity index (χ2n) is 5.71. The van der Waals surface area contributed by atoms with Crippen molar-refractivity contribution < 1.29 is 24.0 Å². The summed E-state index contributed by atoms with van der Waals surface area (Å²) in [7, 11) is 0. The van der Waals surface area contributed by atoms with E-state index in [-0.39, 0.29) is 24.4 Å². The predicted octanol–water partition coefficient (Wildman–Crippen LogP) is 3.19. The second kappa shape index (κ2) is 10.1. The molecule has 0 radical (unpaired) electrons. The Hall–Kier alpha value is -2.94. The molecule has 1 aromatic carbocycles. The Kier molecular flexibility index (Phi) is 7.56. The minimum atomic E-state index is -0.759. The highest BCUT2D eigenvalue weighted by atomic mass is 16.6. The molecule has 1 heterocycles. The number of carbonyl (C=O) groups is 2. The van der Waals surface area contributed by atoms with E-state index >= 15 is 0 Å². The Morgan fingerprint density at radius 3 is 2.81 bits per heavy atom. The Morgan fingerprint density at radius 2 is 2.12 bits per heavy atom. The number of unbranched alkanes of at least 4 members (excludes halogenated alkanes) is 2. The SMILES string of the molecule is CCCCC[C@H](CN(O)C=O)c1nnc(OC(=O)Nc2ccccc2)o1. The first-order chi connectivity index (χ1) is 12.6. The maximum absolute atomic E-state index is 11.8. The summed E-state index contributed by atoms with van der Waals surface area (Å²) in [6.07, 6.45) is 2.81. The van der Waals surface area contributed by atoms with E-state index in [0.29, 0.717) is 23.6 Å². The van der Waals surface area contributed by atoms with Crippen LogP contribution in [0.1, 0.15) is 44.4 Å². The first-order valence-corrected chi connectivity index (χ1v) is 8.40. The molecule has 140 valence electrons. The Labute approximate surface area is 150 Å². The second-order valence-corrected chi connectivity index (χ2v) is 5.71. The van der Waals surface area contributed by atoms with Crippen molar-refractivity contribution in [3.05, 3.63) is 36.2 Å². The standard InChI is InChI=1S/C17H22N4O5/c1-2-3-5-8-13(11-21(24)12-22)15-19-20-17(25-15)26-16(23)18-14-9-6-4-7-10-14/h4,6-7,9-10,12-13,24H,2-3,5,8,11H2,1H3,(H,18,23)/t13-/m1/s1. The molecule has 2 aromatic rings. The third-order valence-electron chi connectivity index (χ3n) is 3.66. The highest BCUT2D eigenvalue weighted by Gasteiger charge is 2.22. The van der Waals surface area contributed by atoms with Crippen LogP contribution < -0.4 is 10.1 Å². The molecule has 0 saturated carbocycles. The van der Waals surface area contributed by atoms with Crippen LogP contribution >= 0.6 is 0 Å². The van der Waals surface area contributed by atoms with Crippen molar-refractivity contribution in [1.29, 1.82) is 0 Å². The van der Waals surface area contributed by atoms with Gasteiger partial charge in [-0.3, -0.25) is 15.3 Å². The van der Waals surface area contributed by atoms with Gasteiger partial charge >= 0.3 is 12.2 Å². The number of carbonyl (C=O) groups excluding carboxylic acids is 2. The van der Waals surface area contributed by atoms with Gasteiger partial charge in [-0.05, 0) is 18.6 Å². The van der Waals surface area contributed by atoms with Gasteiger partial charge in [0.2, 0.25) is 12.3 Å². The number of ether oxygens (including phenoxy) is 1. The molecule has 2 rings (SSSR count). The van der Waals surface area contributed by atoms with Gasteiger partial charge in [0, 0.05) is 5.69 Å². The van der Waals surface area contributed by atoms with Crippen molar-refractivity contribution in [2.75, 3.05) is 11.9 Å². The van der Waals surface area contributed by atoms with E-state index in [1.807, 2.05) is 6.07 Å². The fraction of sp³-hybridized carbons (Fsp3) is 0.412. The molecule has 0 aliphatic rings. The number of hydrogen-bond donors (Lipinski definition) is 2. The minimum Gasteiger partial charge on any atom is -0.393 e. The lowest BCUT2D eigenvalue weighted by molar-refractivity contribution is -0.151. The highest BCUT2D eigenvalue weighted by molar-refractivity contribution is 5.85. The van der Waals surface area contributed by atoms with E-state index in [4.69, 9.17) is 9.15 Å². The minimum absolute atomic E-state index is 0.0189. The molecule has 0 unspecified atom stereocenters.